The number of aromatic nitrogens is 2. The summed E-state index contributed by atoms with van der Waals surface area (Å²) in [5, 5.41) is 0.643. The fourth-order valence-corrected chi connectivity index (χ4v) is 2.62. The third-order valence-corrected chi connectivity index (χ3v) is 3.50. The lowest BCUT2D eigenvalue weighted by molar-refractivity contribution is 0.0611. The minimum Gasteiger partial charge on any atom is -0.379 e. The molecule has 3 rings (SSSR count). The number of nitrogens with zero attached hydrogens (tertiary/aromatic N) is 2. The molecular weight excluding hydrogens is 238 g/mol. The second kappa shape index (κ2) is 4.20. The Morgan fingerprint density at radius 3 is 3.12 bits per heavy atom. The van der Waals surface area contributed by atoms with Crippen molar-refractivity contribution < 1.29 is 4.74 Å². The molecule has 1 aliphatic rings. The van der Waals surface area contributed by atoms with Crippen LogP contribution in [0.15, 0.2) is 18.2 Å². The van der Waals surface area contributed by atoms with Crippen LogP contribution in [0.5, 0.6) is 0 Å². The molecule has 1 fully saturated rings. The number of rotatable bonds is 1. The summed E-state index contributed by atoms with van der Waals surface area (Å²) >= 11 is 6.12. The number of para-hydroxylation sites is 1. The van der Waals surface area contributed by atoms with Crippen molar-refractivity contribution in [1.29, 1.82) is 0 Å². The largest absolute Gasteiger partial charge is 0.379 e. The molecule has 0 spiro atoms. The van der Waals surface area contributed by atoms with Gasteiger partial charge in [-0.2, -0.15) is 0 Å². The van der Waals surface area contributed by atoms with Crippen LogP contribution in [0.25, 0.3) is 11.0 Å². The number of fused-ring (bicyclic) bond motifs is 1. The number of halogens is 1. The Labute approximate surface area is 104 Å². The third-order valence-electron chi connectivity index (χ3n) is 3.20. The van der Waals surface area contributed by atoms with Crippen molar-refractivity contribution in [2.75, 3.05) is 18.9 Å². The lowest BCUT2D eigenvalue weighted by Gasteiger charge is -2.24. The van der Waals surface area contributed by atoms with Gasteiger partial charge < -0.3 is 15.0 Å². The first kappa shape index (κ1) is 10.9. The summed E-state index contributed by atoms with van der Waals surface area (Å²) in [4.78, 5) is 4.34. The van der Waals surface area contributed by atoms with Crippen molar-refractivity contribution in [3.8, 4) is 0 Å². The highest BCUT2D eigenvalue weighted by Crippen LogP contribution is 2.30. The number of ether oxygens (including phenoxy) is 1. The fourth-order valence-electron chi connectivity index (χ4n) is 2.41. The SMILES string of the molecule is Nc1nc2c(Cl)cccc2n1C1CCCOC1. The molecule has 0 bridgehead atoms. The van der Waals surface area contributed by atoms with E-state index in [4.69, 9.17) is 22.1 Å². The van der Waals surface area contributed by atoms with E-state index in [1.54, 1.807) is 0 Å². The van der Waals surface area contributed by atoms with Crippen LogP contribution in [0, 0.1) is 0 Å². The van der Waals surface area contributed by atoms with Crippen molar-refractivity contribution in [3.05, 3.63) is 23.2 Å². The maximum atomic E-state index is 6.12. The van der Waals surface area contributed by atoms with Crippen molar-refractivity contribution in [2.45, 2.75) is 18.9 Å². The summed E-state index contributed by atoms with van der Waals surface area (Å²) in [6.45, 7) is 1.53. The van der Waals surface area contributed by atoms with Crippen LogP contribution in [-0.2, 0) is 4.74 Å². The highest BCUT2D eigenvalue weighted by Gasteiger charge is 2.21. The summed E-state index contributed by atoms with van der Waals surface area (Å²) in [5.41, 5.74) is 7.76. The molecule has 5 heteroatoms. The Bertz CT molecular complexity index is 546. The maximum Gasteiger partial charge on any atom is 0.201 e. The highest BCUT2D eigenvalue weighted by molar-refractivity contribution is 6.35. The molecule has 0 radical (unpaired) electrons. The Hall–Kier alpha value is -1.26. The zero-order valence-electron chi connectivity index (χ0n) is 9.40. The Balaban J connectivity index is 2.14. The van der Waals surface area contributed by atoms with Gasteiger partial charge in [-0.1, -0.05) is 17.7 Å². The molecule has 1 aromatic carbocycles. The van der Waals surface area contributed by atoms with E-state index in [-0.39, 0.29) is 6.04 Å². The van der Waals surface area contributed by atoms with E-state index in [9.17, 15) is 0 Å². The third kappa shape index (κ3) is 1.77. The zero-order valence-corrected chi connectivity index (χ0v) is 10.2. The normalized spacial score (nSPS) is 20.9. The molecule has 2 aromatic rings. The summed E-state index contributed by atoms with van der Waals surface area (Å²) in [7, 11) is 0. The number of imidazole rings is 1. The Morgan fingerprint density at radius 2 is 2.35 bits per heavy atom. The Morgan fingerprint density at radius 1 is 1.47 bits per heavy atom. The van der Waals surface area contributed by atoms with Gasteiger partial charge in [-0.15, -0.1) is 0 Å². The first-order valence-corrected chi connectivity index (χ1v) is 6.15. The van der Waals surface area contributed by atoms with E-state index in [1.807, 2.05) is 22.8 Å². The van der Waals surface area contributed by atoms with Crippen molar-refractivity contribution in [2.24, 2.45) is 0 Å². The summed E-state index contributed by atoms with van der Waals surface area (Å²) in [6, 6.07) is 6.02. The zero-order chi connectivity index (χ0) is 11.8. The molecule has 1 unspecified atom stereocenters. The van der Waals surface area contributed by atoms with Crippen molar-refractivity contribution >= 4 is 28.6 Å². The predicted molar refractivity (Wildman–Crippen MR) is 68.2 cm³/mol. The van der Waals surface area contributed by atoms with Gasteiger partial charge in [0, 0.05) is 6.61 Å². The van der Waals surface area contributed by atoms with Crippen LogP contribution in [0.2, 0.25) is 5.02 Å². The average Bonchev–Trinajstić information content (AvgIpc) is 2.68. The summed E-state index contributed by atoms with van der Waals surface area (Å²) in [6.07, 6.45) is 2.13. The van der Waals surface area contributed by atoms with Crippen LogP contribution in [-0.4, -0.2) is 22.8 Å². The molecule has 1 aliphatic heterocycles. The van der Waals surface area contributed by atoms with Gasteiger partial charge in [0.1, 0.15) is 5.52 Å². The minimum absolute atomic E-state index is 0.271. The van der Waals surface area contributed by atoms with Crippen molar-refractivity contribution in [1.82, 2.24) is 9.55 Å². The summed E-state index contributed by atoms with van der Waals surface area (Å²) < 4.78 is 7.54. The smallest absolute Gasteiger partial charge is 0.201 e. The fraction of sp³-hybridized carbons (Fsp3) is 0.417. The second-order valence-corrected chi connectivity index (χ2v) is 4.73. The van der Waals surface area contributed by atoms with Crippen LogP contribution >= 0.6 is 11.6 Å². The topological polar surface area (TPSA) is 53.1 Å². The monoisotopic (exact) mass is 251 g/mol. The van der Waals surface area contributed by atoms with Gasteiger partial charge >= 0.3 is 0 Å². The lowest BCUT2D eigenvalue weighted by atomic mass is 10.1. The molecule has 17 heavy (non-hydrogen) atoms. The second-order valence-electron chi connectivity index (χ2n) is 4.32. The van der Waals surface area contributed by atoms with E-state index in [1.165, 1.54) is 0 Å². The Kier molecular flexibility index (Phi) is 2.68. The van der Waals surface area contributed by atoms with Gasteiger partial charge in [0.05, 0.1) is 23.2 Å². The number of hydrogen-bond acceptors (Lipinski definition) is 3. The molecule has 0 aliphatic carbocycles. The maximum absolute atomic E-state index is 6.12. The molecule has 2 heterocycles. The molecule has 0 amide bonds. The first-order chi connectivity index (χ1) is 8.27. The number of nitrogen functional groups attached to an aromatic ring is 1. The highest BCUT2D eigenvalue weighted by atomic mass is 35.5. The van der Waals surface area contributed by atoms with Gasteiger partial charge in [-0.25, -0.2) is 4.98 Å². The van der Waals surface area contributed by atoms with Crippen LogP contribution in [0.3, 0.4) is 0 Å². The van der Waals surface area contributed by atoms with Gasteiger partial charge in [-0.05, 0) is 25.0 Å². The van der Waals surface area contributed by atoms with E-state index in [0.29, 0.717) is 17.6 Å². The van der Waals surface area contributed by atoms with E-state index < -0.39 is 0 Å². The molecular formula is C12H14ClN3O. The number of nitrogens with two attached hydrogens (primary N) is 1. The molecule has 1 saturated heterocycles. The standard InChI is InChI=1S/C12H14ClN3O/c13-9-4-1-5-10-11(9)15-12(14)16(10)8-3-2-6-17-7-8/h1,4-5,8H,2-3,6-7H2,(H2,14,15). The first-order valence-electron chi connectivity index (χ1n) is 5.77. The van der Waals surface area contributed by atoms with Crippen LogP contribution < -0.4 is 5.73 Å². The molecule has 90 valence electrons. The minimum atomic E-state index is 0.271. The van der Waals surface area contributed by atoms with Crippen LogP contribution in [0.1, 0.15) is 18.9 Å². The predicted octanol–water partition coefficient (Wildman–Crippen LogP) is 2.62. The lowest BCUT2D eigenvalue weighted by Crippen LogP contribution is -2.22. The quantitative estimate of drug-likeness (QED) is 0.848. The number of hydrogen-bond donors (Lipinski definition) is 1. The summed E-state index contributed by atoms with van der Waals surface area (Å²) in [5.74, 6) is 0.517. The molecule has 0 saturated carbocycles. The number of benzene rings is 1. The van der Waals surface area contributed by atoms with Crippen molar-refractivity contribution in [3.63, 3.8) is 0 Å². The molecule has 1 aromatic heterocycles. The van der Waals surface area contributed by atoms with E-state index in [2.05, 4.69) is 4.98 Å². The molecule has 2 N–H and O–H groups in total. The van der Waals surface area contributed by atoms with E-state index in [0.717, 1.165) is 30.5 Å². The average molecular weight is 252 g/mol. The van der Waals surface area contributed by atoms with Crippen LogP contribution in [0.4, 0.5) is 5.95 Å². The molecule has 4 nitrogen and oxygen atoms in total. The van der Waals surface area contributed by atoms with Gasteiger partial charge in [0.2, 0.25) is 5.95 Å². The van der Waals surface area contributed by atoms with Gasteiger partial charge in [-0.3, -0.25) is 0 Å². The molecule has 1 atom stereocenters. The number of anilines is 1. The van der Waals surface area contributed by atoms with E-state index >= 15 is 0 Å². The van der Waals surface area contributed by atoms with Gasteiger partial charge in [0.15, 0.2) is 0 Å². The van der Waals surface area contributed by atoms with Gasteiger partial charge in [0.25, 0.3) is 0 Å².